The maximum absolute atomic E-state index is 12.8. The molecule has 7 rings (SSSR count). The maximum atomic E-state index is 12.8. The SMILES string of the molecule is Cc1cc2nc(-c3cccc(NC(=O)c4cccnc4)c3)nc(Nc3ccc4[nH]ncc4c3)c2cc1OCCCN1CCOCC1. The normalized spacial score (nSPS) is 13.6. The van der Waals surface area contributed by atoms with E-state index in [0.717, 1.165) is 83.6 Å². The Morgan fingerprint density at radius 2 is 1.91 bits per heavy atom. The van der Waals surface area contributed by atoms with Crippen molar-refractivity contribution in [3.8, 4) is 17.1 Å². The van der Waals surface area contributed by atoms with Crippen LogP contribution in [0.3, 0.4) is 0 Å². The van der Waals surface area contributed by atoms with Gasteiger partial charge < -0.3 is 20.1 Å². The third-order valence-electron chi connectivity index (χ3n) is 7.98. The van der Waals surface area contributed by atoms with Crippen LogP contribution in [0.15, 0.2) is 85.3 Å². The zero-order chi connectivity index (χ0) is 31.3. The van der Waals surface area contributed by atoms with E-state index in [0.29, 0.717) is 29.5 Å². The predicted octanol–water partition coefficient (Wildman–Crippen LogP) is 5.97. The Kier molecular flexibility index (Phi) is 8.49. The molecule has 232 valence electrons. The molecule has 0 spiro atoms. The molecule has 3 aromatic heterocycles. The lowest BCUT2D eigenvalue weighted by atomic mass is 10.1. The van der Waals surface area contributed by atoms with E-state index in [4.69, 9.17) is 19.4 Å². The maximum Gasteiger partial charge on any atom is 0.257 e. The number of hydrogen-bond donors (Lipinski definition) is 3. The van der Waals surface area contributed by atoms with Gasteiger partial charge in [0.05, 0.1) is 42.6 Å². The van der Waals surface area contributed by atoms with Gasteiger partial charge >= 0.3 is 0 Å². The number of aromatic nitrogens is 5. The number of hydrogen-bond acceptors (Lipinski definition) is 9. The largest absolute Gasteiger partial charge is 0.493 e. The van der Waals surface area contributed by atoms with Crippen LogP contribution in [-0.4, -0.2) is 75.4 Å². The third-order valence-corrected chi connectivity index (χ3v) is 7.98. The minimum Gasteiger partial charge on any atom is -0.493 e. The summed E-state index contributed by atoms with van der Waals surface area (Å²) >= 11 is 0. The molecular weight excluding hydrogens is 580 g/mol. The number of anilines is 3. The van der Waals surface area contributed by atoms with Gasteiger partial charge in [-0.3, -0.25) is 19.8 Å². The number of carbonyl (C=O) groups excluding carboxylic acids is 1. The summed E-state index contributed by atoms with van der Waals surface area (Å²) in [6.45, 7) is 7.14. The molecule has 4 heterocycles. The van der Waals surface area contributed by atoms with E-state index >= 15 is 0 Å². The van der Waals surface area contributed by atoms with Crippen LogP contribution in [0.5, 0.6) is 5.75 Å². The molecule has 1 saturated heterocycles. The van der Waals surface area contributed by atoms with Gasteiger partial charge in [0.1, 0.15) is 11.6 Å². The fourth-order valence-corrected chi connectivity index (χ4v) is 5.53. The van der Waals surface area contributed by atoms with E-state index in [1.165, 1.54) is 6.20 Å². The van der Waals surface area contributed by atoms with Crippen molar-refractivity contribution in [2.75, 3.05) is 50.1 Å². The Hall–Kier alpha value is -5.39. The van der Waals surface area contributed by atoms with E-state index in [1.807, 2.05) is 61.5 Å². The lowest BCUT2D eigenvalue weighted by Crippen LogP contribution is -2.37. The highest BCUT2D eigenvalue weighted by molar-refractivity contribution is 6.04. The predicted molar refractivity (Wildman–Crippen MR) is 179 cm³/mol. The van der Waals surface area contributed by atoms with Gasteiger partial charge in [0.15, 0.2) is 5.82 Å². The van der Waals surface area contributed by atoms with Crippen LogP contribution in [0.1, 0.15) is 22.3 Å². The van der Waals surface area contributed by atoms with Crippen LogP contribution >= 0.6 is 0 Å². The highest BCUT2D eigenvalue weighted by atomic mass is 16.5. The third kappa shape index (κ3) is 6.65. The molecule has 0 aliphatic carbocycles. The Morgan fingerprint density at radius 3 is 2.78 bits per heavy atom. The van der Waals surface area contributed by atoms with Crippen molar-refractivity contribution in [3.05, 3.63) is 96.4 Å². The number of pyridine rings is 1. The molecule has 0 bridgehead atoms. The zero-order valence-electron chi connectivity index (χ0n) is 25.5. The first-order chi connectivity index (χ1) is 22.6. The second-order valence-corrected chi connectivity index (χ2v) is 11.3. The summed E-state index contributed by atoms with van der Waals surface area (Å²) in [6.07, 6.45) is 5.89. The van der Waals surface area contributed by atoms with E-state index in [9.17, 15) is 4.79 Å². The first-order valence-corrected chi connectivity index (χ1v) is 15.4. The van der Waals surface area contributed by atoms with Crippen LogP contribution in [0.25, 0.3) is 33.2 Å². The van der Waals surface area contributed by atoms with Crippen molar-refractivity contribution in [3.63, 3.8) is 0 Å². The number of rotatable bonds is 10. The number of fused-ring (bicyclic) bond motifs is 2. The van der Waals surface area contributed by atoms with Crippen molar-refractivity contribution in [2.24, 2.45) is 0 Å². The van der Waals surface area contributed by atoms with E-state index in [-0.39, 0.29) is 5.91 Å². The van der Waals surface area contributed by atoms with Crippen molar-refractivity contribution in [2.45, 2.75) is 13.3 Å². The summed E-state index contributed by atoms with van der Waals surface area (Å²) in [4.78, 5) is 29.2. The standard InChI is InChI=1S/C35H34N8O3/c1-23-17-31-29(20-32(23)46-14-4-11-43-12-15-45-16-13-43)34(38-28-8-9-30-26(19-28)22-37-42-30)41-33(40-31)24-5-2-7-27(18-24)39-35(44)25-6-3-10-36-21-25/h2-3,5-10,17-22H,4,11-16H2,1H3,(H,37,42)(H,39,44)(H,38,40,41). The lowest BCUT2D eigenvalue weighted by molar-refractivity contribution is 0.0358. The van der Waals surface area contributed by atoms with Gasteiger partial charge in [-0.05, 0) is 73.5 Å². The second-order valence-electron chi connectivity index (χ2n) is 11.3. The highest BCUT2D eigenvalue weighted by Gasteiger charge is 2.16. The number of nitrogens with zero attached hydrogens (tertiary/aromatic N) is 5. The molecule has 11 nitrogen and oxygen atoms in total. The summed E-state index contributed by atoms with van der Waals surface area (Å²) in [5.41, 5.74) is 5.46. The highest BCUT2D eigenvalue weighted by Crippen LogP contribution is 2.33. The quantitative estimate of drug-likeness (QED) is 0.160. The topological polar surface area (TPSA) is 130 Å². The minimum absolute atomic E-state index is 0.241. The molecule has 0 radical (unpaired) electrons. The van der Waals surface area contributed by atoms with Crippen molar-refractivity contribution >= 4 is 44.9 Å². The van der Waals surface area contributed by atoms with Gasteiger partial charge in [0, 0.05) is 59.7 Å². The number of H-pyrrole nitrogens is 1. The molecule has 1 aliphatic rings. The van der Waals surface area contributed by atoms with E-state index in [2.05, 4.69) is 30.7 Å². The van der Waals surface area contributed by atoms with Gasteiger partial charge in [0.2, 0.25) is 0 Å². The monoisotopic (exact) mass is 614 g/mol. The Labute approximate surface area is 266 Å². The summed E-state index contributed by atoms with van der Waals surface area (Å²) < 4.78 is 11.8. The van der Waals surface area contributed by atoms with Gasteiger partial charge in [-0.25, -0.2) is 9.97 Å². The van der Waals surface area contributed by atoms with Crippen LogP contribution in [-0.2, 0) is 4.74 Å². The molecule has 1 fully saturated rings. The van der Waals surface area contributed by atoms with Gasteiger partial charge in [-0.15, -0.1) is 0 Å². The molecule has 46 heavy (non-hydrogen) atoms. The number of amides is 1. The summed E-state index contributed by atoms with van der Waals surface area (Å²) in [7, 11) is 0. The summed E-state index contributed by atoms with van der Waals surface area (Å²) in [5, 5.41) is 15.4. The van der Waals surface area contributed by atoms with Crippen LogP contribution in [0.4, 0.5) is 17.2 Å². The van der Waals surface area contributed by atoms with E-state index in [1.54, 1.807) is 24.5 Å². The number of carbonyl (C=O) groups is 1. The molecule has 3 N–H and O–H groups in total. The van der Waals surface area contributed by atoms with E-state index < -0.39 is 0 Å². The first kappa shape index (κ1) is 29.3. The summed E-state index contributed by atoms with van der Waals surface area (Å²) in [6, 6.07) is 21.0. The fraction of sp³-hybridized carbons (Fsp3) is 0.229. The molecule has 6 aromatic rings. The second kappa shape index (κ2) is 13.3. The van der Waals surface area contributed by atoms with Crippen molar-refractivity contribution in [1.29, 1.82) is 0 Å². The zero-order valence-corrected chi connectivity index (χ0v) is 25.5. The van der Waals surface area contributed by atoms with Crippen LogP contribution in [0.2, 0.25) is 0 Å². The molecule has 11 heteroatoms. The Morgan fingerprint density at radius 1 is 1.00 bits per heavy atom. The number of morpholine rings is 1. The lowest BCUT2D eigenvalue weighted by Gasteiger charge is -2.26. The average Bonchev–Trinajstić information content (AvgIpc) is 3.56. The number of ether oxygens (including phenoxy) is 2. The van der Waals surface area contributed by atoms with Crippen molar-refractivity contribution in [1.82, 2.24) is 30.0 Å². The number of nitrogens with one attached hydrogen (secondary N) is 3. The number of aromatic amines is 1. The molecular formula is C35H34N8O3. The average molecular weight is 615 g/mol. The van der Waals surface area contributed by atoms with Gasteiger partial charge in [-0.1, -0.05) is 12.1 Å². The van der Waals surface area contributed by atoms with Crippen LogP contribution < -0.4 is 15.4 Å². The summed E-state index contributed by atoms with van der Waals surface area (Å²) in [5.74, 6) is 1.73. The number of aryl methyl sites for hydroxylation is 1. The molecule has 1 aliphatic heterocycles. The Bertz CT molecular complexity index is 1990. The van der Waals surface area contributed by atoms with Crippen molar-refractivity contribution < 1.29 is 14.3 Å². The van der Waals surface area contributed by atoms with Gasteiger partial charge in [0.25, 0.3) is 5.91 Å². The molecule has 1 amide bonds. The Balaban J connectivity index is 1.19. The molecule has 0 saturated carbocycles. The fourth-order valence-electron chi connectivity index (χ4n) is 5.53. The number of benzene rings is 3. The molecule has 3 aromatic carbocycles. The van der Waals surface area contributed by atoms with Gasteiger partial charge in [-0.2, -0.15) is 5.10 Å². The minimum atomic E-state index is -0.241. The molecule has 0 atom stereocenters. The smallest absolute Gasteiger partial charge is 0.257 e. The first-order valence-electron chi connectivity index (χ1n) is 15.4. The van der Waals surface area contributed by atoms with Crippen LogP contribution in [0, 0.1) is 6.92 Å². The molecule has 0 unspecified atom stereocenters.